The van der Waals surface area contributed by atoms with Crippen molar-refractivity contribution in [1.82, 2.24) is 9.97 Å². The van der Waals surface area contributed by atoms with E-state index in [0.717, 1.165) is 24.2 Å². The second-order valence-corrected chi connectivity index (χ2v) is 6.30. The second-order valence-electron chi connectivity index (χ2n) is 6.30. The molecule has 128 valence electrons. The quantitative estimate of drug-likeness (QED) is 0.933. The van der Waals surface area contributed by atoms with Crippen LogP contribution in [0.1, 0.15) is 30.5 Å². The first kappa shape index (κ1) is 15.8. The van der Waals surface area contributed by atoms with Crippen molar-refractivity contribution in [3.8, 4) is 0 Å². The summed E-state index contributed by atoms with van der Waals surface area (Å²) in [6, 6.07) is 8.49. The molecule has 5 heteroatoms. The molecular formula is C20H21N3O2. The van der Waals surface area contributed by atoms with Gasteiger partial charge in [0.05, 0.1) is 23.7 Å². The number of benzene rings is 1. The van der Waals surface area contributed by atoms with Crippen LogP contribution < -0.4 is 4.90 Å². The van der Waals surface area contributed by atoms with Crippen LogP contribution in [-0.4, -0.2) is 34.5 Å². The zero-order valence-corrected chi connectivity index (χ0v) is 14.0. The normalized spacial score (nSPS) is 20.5. The Hall–Kier alpha value is -2.66. The Morgan fingerprint density at radius 3 is 2.56 bits per heavy atom. The topological polar surface area (TPSA) is 58.5 Å². The average molecular weight is 335 g/mol. The maximum absolute atomic E-state index is 10.3. The summed E-state index contributed by atoms with van der Waals surface area (Å²) in [5.41, 5.74) is 4.45. The fraction of sp³-hybridized carbons (Fsp3) is 0.300. The Morgan fingerprint density at radius 2 is 1.84 bits per heavy atom. The molecule has 0 spiro atoms. The molecule has 5 nitrogen and oxygen atoms in total. The number of hydrogen-bond acceptors (Lipinski definition) is 5. The highest BCUT2D eigenvalue weighted by Gasteiger charge is 2.23. The Balaban J connectivity index is 1.69. The summed E-state index contributed by atoms with van der Waals surface area (Å²) in [7, 11) is 0. The molecule has 1 atom stereocenters. The van der Waals surface area contributed by atoms with E-state index in [1.165, 1.54) is 31.2 Å². The molecule has 0 amide bonds. The predicted octanol–water partition coefficient (Wildman–Crippen LogP) is 3.24. The van der Waals surface area contributed by atoms with Gasteiger partial charge in [-0.2, -0.15) is 0 Å². The van der Waals surface area contributed by atoms with Crippen LogP contribution in [0.5, 0.6) is 0 Å². The van der Waals surface area contributed by atoms with Gasteiger partial charge < -0.3 is 14.7 Å². The van der Waals surface area contributed by atoms with Crippen LogP contribution in [0.15, 0.2) is 55.2 Å². The van der Waals surface area contributed by atoms with E-state index in [0.29, 0.717) is 11.3 Å². The van der Waals surface area contributed by atoms with E-state index in [4.69, 9.17) is 4.74 Å². The largest absolute Gasteiger partial charge is 0.468 e. The standard InChI is InChI=1S/C20H21N3O2/c24-20-19(18-14-21-9-10-22-18)17(8-13-25-20)15-4-6-16(7-5-15)23-11-2-1-3-12-23/h4-10,13-14,20,24H,1-3,11-12H2. The molecular weight excluding hydrogens is 314 g/mol. The molecule has 0 radical (unpaired) electrons. The second kappa shape index (κ2) is 7.07. The summed E-state index contributed by atoms with van der Waals surface area (Å²) in [6.45, 7) is 2.25. The van der Waals surface area contributed by atoms with Crippen molar-refractivity contribution in [1.29, 1.82) is 0 Å². The Bertz CT molecular complexity index is 778. The lowest BCUT2D eigenvalue weighted by molar-refractivity contribution is -0.00407. The molecule has 1 unspecified atom stereocenters. The van der Waals surface area contributed by atoms with Crippen LogP contribution in [0, 0.1) is 0 Å². The monoisotopic (exact) mass is 335 g/mol. The number of aliphatic hydroxyl groups is 1. The van der Waals surface area contributed by atoms with Gasteiger partial charge in [-0.15, -0.1) is 0 Å². The Morgan fingerprint density at radius 1 is 1.04 bits per heavy atom. The van der Waals surface area contributed by atoms with E-state index in [-0.39, 0.29) is 0 Å². The molecule has 4 rings (SSSR count). The first-order chi connectivity index (χ1) is 12.3. The smallest absolute Gasteiger partial charge is 0.226 e. The summed E-state index contributed by atoms with van der Waals surface area (Å²) in [5.74, 6) is 0. The number of aromatic nitrogens is 2. The van der Waals surface area contributed by atoms with Crippen molar-refractivity contribution >= 4 is 16.8 Å². The number of rotatable bonds is 3. The van der Waals surface area contributed by atoms with E-state index in [1.807, 2.05) is 6.08 Å². The van der Waals surface area contributed by atoms with Gasteiger partial charge in [-0.25, -0.2) is 0 Å². The fourth-order valence-corrected chi connectivity index (χ4v) is 3.43. The maximum Gasteiger partial charge on any atom is 0.226 e. The number of ether oxygens (including phenoxy) is 1. The van der Waals surface area contributed by atoms with Crippen molar-refractivity contribution in [3.05, 3.63) is 66.5 Å². The number of allylic oxidation sites excluding steroid dienone is 2. The van der Waals surface area contributed by atoms with E-state index >= 15 is 0 Å². The third-order valence-electron chi connectivity index (χ3n) is 4.72. The number of aliphatic hydroxyl groups excluding tert-OH is 1. The minimum absolute atomic E-state index is 0.620. The van der Waals surface area contributed by atoms with Gasteiger partial charge in [-0.1, -0.05) is 12.1 Å². The highest BCUT2D eigenvalue weighted by Crippen LogP contribution is 2.33. The average Bonchev–Trinajstić information content (AvgIpc) is 2.69. The van der Waals surface area contributed by atoms with Crippen molar-refractivity contribution in [2.45, 2.75) is 25.6 Å². The Labute approximate surface area is 147 Å². The minimum atomic E-state index is -1.04. The molecule has 1 N–H and O–H groups in total. The number of hydrogen-bond donors (Lipinski definition) is 1. The van der Waals surface area contributed by atoms with Crippen LogP contribution in [-0.2, 0) is 4.74 Å². The molecule has 0 aliphatic carbocycles. The first-order valence-corrected chi connectivity index (χ1v) is 8.69. The lowest BCUT2D eigenvalue weighted by Gasteiger charge is -2.29. The van der Waals surface area contributed by atoms with Crippen LogP contribution in [0.3, 0.4) is 0 Å². The Kier molecular flexibility index (Phi) is 4.48. The van der Waals surface area contributed by atoms with Gasteiger partial charge >= 0.3 is 0 Å². The molecule has 2 aliphatic heterocycles. The van der Waals surface area contributed by atoms with Crippen molar-refractivity contribution < 1.29 is 9.84 Å². The van der Waals surface area contributed by atoms with Gasteiger partial charge in [0.1, 0.15) is 0 Å². The van der Waals surface area contributed by atoms with Crippen LogP contribution in [0.4, 0.5) is 5.69 Å². The van der Waals surface area contributed by atoms with Crippen LogP contribution in [0.25, 0.3) is 11.1 Å². The van der Waals surface area contributed by atoms with E-state index in [1.54, 1.807) is 18.6 Å². The lowest BCUT2D eigenvalue weighted by Crippen LogP contribution is -2.29. The molecule has 1 saturated heterocycles. The summed E-state index contributed by atoms with van der Waals surface area (Å²) in [6.07, 6.45) is 11.1. The first-order valence-electron chi connectivity index (χ1n) is 8.69. The molecule has 0 bridgehead atoms. The molecule has 2 aromatic rings. The van der Waals surface area contributed by atoms with Crippen LogP contribution >= 0.6 is 0 Å². The highest BCUT2D eigenvalue weighted by atomic mass is 16.6. The van der Waals surface area contributed by atoms with Gasteiger partial charge in [-0.05, 0) is 48.6 Å². The molecule has 1 aromatic heterocycles. The number of piperidine rings is 1. The molecule has 1 aromatic carbocycles. The fourth-order valence-electron chi connectivity index (χ4n) is 3.43. The van der Waals surface area contributed by atoms with Crippen molar-refractivity contribution in [2.75, 3.05) is 18.0 Å². The number of anilines is 1. The summed E-state index contributed by atoms with van der Waals surface area (Å²) < 4.78 is 5.26. The van der Waals surface area contributed by atoms with Gasteiger partial charge in [-0.3, -0.25) is 9.97 Å². The molecule has 3 heterocycles. The van der Waals surface area contributed by atoms with Crippen molar-refractivity contribution in [2.24, 2.45) is 0 Å². The highest BCUT2D eigenvalue weighted by molar-refractivity contribution is 5.96. The SMILES string of the molecule is OC1OC=CC(c2ccc(N3CCCCC3)cc2)=C1c1cnccn1. The minimum Gasteiger partial charge on any atom is -0.468 e. The summed E-state index contributed by atoms with van der Waals surface area (Å²) in [4.78, 5) is 10.9. The molecule has 1 fully saturated rings. The summed E-state index contributed by atoms with van der Waals surface area (Å²) in [5, 5.41) is 10.3. The van der Waals surface area contributed by atoms with Gasteiger partial charge in [0.2, 0.25) is 6.29 Å². The van der Waals surface area contributed by atoms with Gasteiger partial charge in [0.25, 0.3) is 0 Å². The van der Waals surface area contributed by atoms with Crippen molar-refractivity contribution in [3.63, 3.8) is 0 Å². The lowest BCUT2D eigenvalue weighted by atomic mass is 9.95. The van der Waals surface area contributed by atoms with E-state index in [2.05, 4.69) is 39.1 Å². The summed E-state index contributed by atoms with van der Waals surface area (Å²) >= 11 is 0. The predicted molar refractivity (Wildman–Crippen MR) is 97.6 cm³/mol. The zero-order chi connectivity index (χ0) is 17.1. The third kappa shape index (κ3) is 3.28. The zero-order valence-electron chi connectivity index (χ0n) is 14.0. The maximum atomic E-state index is 10.3. The van der Waals surface area contributed by atoms with Gasteiger partial charge in [0.15, 0.2) is 0 Å². The molecule has 2 aliphatic rings. The van der Waals surface area contributed by atoms with E-state index in [9.17, 15) is 5.11 Å². The van der Waals surface area contributed by atoms with Gasteiger partial charge in [0, 0.05) is 31.2 Å². The van der Waals surface area contributed by atoms with E-state index < -0.39 is 6.29 Å². The number of nitrogens with zero attached hydrogens (tertiary/aromatic N) is 3. The molecule has 0 saturated carbocycles. The van der Waals surface area contributed by atoms with Crippen LogP contribution in [0.2, 0.25) is 0 Å². The molecule has 25 heavy (non-hydrogen) atoms. The third-order valence-corrected chi connectivity index (χ3v) is 4.72.